The van der Waals surface area contributed by atoms with Crippen molar-refractivity contribution in [3.05, 3.63) is 29.3 Å². The lowest BCUT2D eigenvalue weighted by Crippen LogP contribution is -2.21. The first-order valence-corrected chi connectivity index (χ1v) is 4.10. The third kappa shape index (κ3) is 1.99. The molecule has 1 aromatic rings. The van der Waals surface area contributed by atoms with Gasteiger partial charge in [0.05, 0.1) is 0 Å². The predicted octanol–water partition coefficient (Wildman–Crippen LogP) is 1.28. The Bertz CT molecular complexity index is 332. The molecule has 1 amide bonds. The normalized spacial score (nSPS) is 9.77. The largest absolute Gasteiger partial charge is 0.398 e. The van der Waals surface area contributed by atoms with E-state index < -0.39 is 0 Å². The molecule has 0 aromatic heterocycles. The van der Waals surface area contributed by atoms with Crippen molar-refractivity contribution in [1.82, 2.24) is 4.90 Å². The van der Waals surface area contributed by atoms with Gasteiger partial charge in [0.25, 0.3) is 5.91 Å². The second-order valence-electron chi connectivity index (χ2n) is 3.27. The number of carbonyl (C=O) groups is 1. The van der Waals surface area contributed by atoms with Gasteiger partial charge in [-0.25, -0.2) is 0 Å². The highest BCUT2D eigenvalue weighted by molar-refractivity contribution is 5.94. The number of hydrogen-bond donors (Lipinski definition) is 1. The van der Waals surface area contributed by atoms with E-state index in [1.165, 1.54) is 4.90 Å². The SMILES string of the molecule is Cc1ccc(C(=O)N(C)C)cc1N. The van der Waals surface area contributed by atoms with Crippen molar-refractivity contribution in [3.63, 3.8) is 0 Å². The number of hydrogen-bond acceptors (Lipinski definition) is 2. The minimum Gasteiger partial charge on any atom is -0.398 e. The summed E-state index contributed by atoms with van der Waals surface area (Å²) < 4.78 is 0. The van der Waals surface area contributed by atoms with E-state index in [1.54, 1.807) is 26.2 Å². The van der Waals surface area contributed by atoms with Crippen molar-refractivity contribution in [3.8, 4) is 0 Å². The lowest BCUT2D eigenvalue weighted by Gasteiger charge is -2.11. The van der Waals surface area contributed by atoms with Crippen LogP contribution in [-0.2, 0) is 0 Å². The van der Waals surface area contributed by atoms with Gasteiger partial charge in [-0.05, 0) is 24.6 Å². The molecular weight excluding hydrogens is 164 g/mol. The second-order valence-corrected chi connectivity index (χ2v) is 3.27. The molecule has 3 heteroatoms. The summed E-state index contributed by atoms with van der Waals surface area (Å²) in [6.45, 7) is 1.92. The zero-order valence-electron chi connectivity index (χ0n) is 8.16. The average Bonchev–Trinajstić information content (AvgIpc) is 2.08. The maximum absolute atomic E-state index is 11.5. The van der Waals surface area contributed by atoms with Crippen LogP contribution in [0.3, 0.4) is 0 Å². The Balaban J connectivity index is 3.04. The van der Waals surface area contributed by atoms with Crippen LogP contribution in [0, 0.1) is 6.92 Å². The van der Waals surface area contributed by atoms with Crippen LogP contribution in [0.15, 0.2) is 18.2 Å². The summed E-state index contributed by atoms with van der Waals surface area (Å²) in [4.78, 5) is 13.0. The predicted molar refractivity (Wildman–Crippen MR) is 53.6 cm³/mol. The molecule has 0 saturated heterocycles. The van der Waals surface area contributed by atoms with Gasteiger partial charge >= 0.3 is 0 Å². The Hall–Kier alpha value is -1.51. The van der Waals surface area contributed by atoms with Gasteiger partial charge < -0.3 is 10.6 Å². The minimum absolute atomic E-state index is 0.0216. The molecule has 0 aliphatic carbocycles. The fraction of sp³-hybridized carbons (Fsp3) is 0.300. The van der Waals surface area contributed by atoms with Crippen molar-refractivity contribution < 1.29 is 4.79 Å². The first kappa shape index (κ1) is 9.58. The van der Waals surface area contributed by atoms with E-state index >= 15 is 0 Å². The molecule has 1 aromatic carbocycles. The summed E-state index contributed by atoms with van der Waals surface area (Å²) in [5, 5.41) is 0. The number of carbonyl (C=O) groups excluding carboxylic acids is 1. The number of aryl methyl sites for hydroxylation is 1. The molecule has 1 rings (SSSR count). The van der Waals surface area contributed by atoms with Gasteiger partial charge in [-0.15, -0.1) is 0 Å². The first-order valence-electron chi connectivity index (χ1n) is 4.10. The summed E-state index contributed by atoms with van der Waals surface area (Å²) in [5.41, 5.74) is 7.98. The van der Waals surface area contributed by atoms with Gasteiger partial charge in [0.2, 0.25) is 0 Å². The summed E-state index contributed by atoms with van der Waals surface area (Å²) in [6, 6.07) is 5.35. The minimum atomic E-state index is -0.0216. The molecule has 0 fully saturated rings. The number of anilines is 1. The molecule has 70 valence electrons. The highest BCUT2D eigenvalue weighted by atomic mass is 16.2. The topological polar surface area (TPSA) is 46.3 Å². The van der Waals surface area contributed by atoms with Crippen LogP contribution in [0.25, 0.3) is 0 Å². The Morgan fingerprint density at radius 3 is 2.46 bits per heavy atom. The third-order valence-corrected chi connectivity index (χ3v) is 1.93. The second kappa shape index (κ2) is 3.47. The van der Waals surface area contributed by atoms with Crippen molar-refractivity contribution >= 4 is 11.6 Å². The number of nitrogens with zero attached hydrogens (tertiary/aromatic N) is 1. The number of nitrogen functional groups attached to an aromatic ring is 1. The lowest BCUT2D eigenvalue weighted by molar-refractivity contribution is 0.0827. The van der Waals surface area contributed by atoms with E-state index in [0.717, 1.165) is 5.56 Å². The first-order chi connectivity index (χ1) is 6.02. The van der Waals surface area contributed by atoms with E-state index in [-0.39, 0.29) is 5.91 Å². The van der Waals surface area contributed by atoms with Gasteiger partial charge in [0.15, 0.2) is 0 Å². The van der Waals surface area contributed by atoms with Crippen LogP contribution in [0.4, 0.5) is 5.69 Å². The Morgan fingerprint density at radius 2 is 2.00 bits per heavy atom. The smallest absolute Gasteiger partial charge is 0.253 e. The molecule has 0 saturated carbocycles. The van der Waals surface area contributed by atoms with Crippen LogP contribution in [0.1, 0.15) is 15.9 Å². The van der Waals surface area contributed by atoms with E-state index in [4.69, 9.17) is 5.73 Å². The van der Waals surface area contributed by atoms with Crippen LogP contribution >= 0.6 is 0 Å². The molecule has 0 unspecified atom stereocenters. The van der Waals surface area contributed by atoms with Crippen LogP contribution in [-0.4, -0.2) is 24.9 Å². The standard InChI is InChI=1S/C10H14N2O/c1-7-4-5-8(6-9(7)11)10(13)12(2)3/h4-6H,11H2,1-3H3. The molecule has 0 heterocycles. The van der Waals surface area contributed by atoms with E-state index in [9.17, 15) is 4.79 Å². The molecule has 2 N–H and O–H groups in total. The summed E-state index contributed by atoms with van der Waals surface area (Å²) >= 11 is 0. The molecule has 0 radical (unpaired) electrons. The number of amides is 1. The lowest BCUT2D eigenvalue weighted by atomic mass is 10.1. The fourth-order valence-electron chi connectivity index (χ4n) is 1.03. The summed E-state index contributed by atoms with van der Waals surface area (Å²) in [5.74, 6) is -0.0216. The van der Waals surface area contributed by atoms with Crippen molar-refractivity contribution in [2.24, 2.45) is 0 Å². The molecule has 3 nitrogen and oxygen atoms in total. The number of rotatable bonds is 1. The Labute approximate surface area is 78.2 Å². The third-order valence-electron chi connectivity index (χ3n) is 1.93. The quantitative estimate of drug-likeness (QED) is 0.658. The molecule has 0 bridgehead atoms. The van der Waals surface area contributed by atoms with E-state index in [0.29, 0.717) is 11.3 Å². The molecule has 0 aliphatic rings. The monoisotopic (exact) mass is 178 g/mol. The summed E-state index contributed by atoms with van der Waals surface area (Å²) in [6.07, 6.45) is 0. The zero-order chi connectivity index (χ0) is 10.0. The molecule has 0 aliphatic heterocycles. The molecule has 0 spiro atoms. The average molecular weight is 178 g/mol. The number of nitrogens with two attached hydrogens (primary N) is 1. The van der Waals surface area contributed by atoms with Crippen molar-refractivity contribution in [2.45, 2.75) is 6.92 Å². The highest BCUT2D eigenvalue weighted by Crippen LogP contribution is 2.13. The van der Waals surface area contributed by atoms with Gasteiger partial charge in [-0.2, -0.15) is 0 Å². The van der Waals surface area contributed by atoms with Crippen molar-refractivity contribution in [1.29, 1.82) is 0 Å². The molecule has 0 atom stereocenters. The van der Waals surface area contributed by atoms with Gasteiger partial charge in [-0.1, -0.05) is 6.07 Å². The summed E-state index contributed by atoms with van der Waals surface area (Å²) in [7, 11) is 3.44. The molecule has 13 heavy (non-hydrogen) atoms. The Kier molecular flexibility index (Phi) is 2.56. The van der Waals surface area contributed by atoms with Crippen LogP contribution < -0.4 is 5.73 Å². The maximum atomic E-state index is 11.5. The van der Waals surface area contributed by atoms with Crippen molar-refractivity contribution in [2.75, 3.05) is 19.8 Å². The maximum Gasteiger partial charge on any atom is 0.253 e. The van der Waals surface area contributed by atoms with Gasteiger partial charge in [0.1, 0.15) is 0 Å². The van der Waals surface area contributed by atoms with Gasteiger partial charge in [-0.3, -0.25) is 4.79 Å². The number of benzene rings is 1. The van der Waals surface area contributed by atoms with Gasteiger partial charge in [0, 0.05) is 25.3 Å². The van der Waals surface area contributed by atoms with Crippen LogP contribution in [0.5, 0.6) is 0 Å². The molecular formula is C10H14N2O. The van der Waals surface area contributed by atoms with E-state index in [2.05, 4.69) is 0 Å². The highest BCUT2D eigenvalue weighted by Gasteiger charge is 2.07. The fourth-order valence-corrected chi connectivity index (χ4v) is 1.03. The van der Waals surface area contributed by atoms with Crippen LogP contribution in [0.2, 0.25) is 0 Å². The Morgan fingerprint density at radius 1 is 1.38 bits per heavy atom. The zero-order valence-corrected chi connectivity index (χ0v) is 8.16. The van der Waals surface area contributed by atoms with E-state index in [1.807, 2.05) is 13.0 Å².